The molecule has 1 heterocycles. The molecule has 3 rings (SSSR count). The molecule has 1 amide bonds. The van der Waals surface area contributed by atoms with Gasteiger partial charge in [-0.1, -0.05) is 31.4 Å². The van der Waals surface area contributed by atoms with E-state index < -0.39 is 5.97 Å². The molecule has 26 heavy (non-hydrogen) atoms. The van der Waals surface area contributed by atoms with Crippen LogP contribution in [0.4, 0.5) is 11.4 Å². The first-order chi connectivity index (χ1) is 12.7. The Balaban J connectivity index is 1.73. The van der Waals surface area contributed by atoms with E-state index in [-0.39, 0.29) is 11.9 Å². The number of pyridine rings is 1. The molecule has 1 aromatic carbocycles. The summed E-state index contributed by atoms with van der Waals surface area (Å²) in [7, 11) is 1.35. The largest absolute Gasteiger partial charge is 0.465 e. The molecule has 1 fully saturated rings. The van der Waals surface area contributed by atoms with Crippen molar-refractivity contribution in [2.24, 2.45) is 0 Å². The van der Waals surface area contributed by atoms with Crippen molar-refractivity contribution >= 4 is 23.3 Å². The zero-order chi connectivity index (χ0) is 18.4. The van der Waals surface area contributed by atoms with Crippen molar-refractivity contribution in [1.82, 2.24) is 10.3 Å². The molecular weight excluding hydrogens is 330 g/mol. The maximum Gasteiger partial charge on any atom is 0.339 e. The highest BCUT2D eigenvalue weighted by molar-refractivity contribution is 5.97. The van der Waals surface area contributed by atoms with Crippen LogP contribution < -0.4 is 10.6 Å². The fraction of sp³-hybridized carbons (Fsp3) is 0.350. The fourth-order valence-electron chi connectivity index (χ4n) is 3.17. The molecule has 0 radical (unpaired) electrons. The van der Waals surface area contributed by atoms with Crippen LogP contribution in [0.15, 0.2) is 42.6 Å². The van der Waals surface area contributed by atoms with Crippen LogP contribution in [0.3, 0.4) is 0 Å². The summed E-state index contributed by atoms with van der Waals surface area (Å²) < 4.78 is 4.81. The number of para-hydroxylation sites is 1. The first kappa shape index (κ1) is 17.9. The molecule has 1 saturated carbocycles. The van der Waals surface area contributed by atoms with Crippen LogP contribution in [0.25, 0.3) is 0 Å². The summed E-state index contributed by atoms with van der Waals surface area (Å²) >= 11 is 0. The van der Waals surface area contributed by atoms with E-state index in [0.29, 0.717) is 22.6 Å². The molecule has 2 N–H and O–H groups in total. The zero-order valence-corrected chi connectivity index (χ0v) is 14.8. The Labute approximate surface area is 153 Å². The second kappa shape index (κ2) is 8.47. The van der Waals surface area contributed by atoms with Crippen molar-refractivity contribution < 1.29 is 14.3 Å². The molecule has 2 aromatic rings. The molecule has 136 valence electrons. The standard InChI is InChI=1S/C20H23N3O3/c1-26-20(25)16-9-5-6-10-17(16)22-15-11-12-21-18(13-15)19(24)23-14-7-3-2-4-8-14/h5-6,9-14H,2-4,7-8H2,1H3,(H,21,22)(H,23,24). The first-order valence-corrected chi connectivity index (χ1v) is 8.88. The lowest BCUT2D eigenvalue weighted by Crippen LogP contribution is -2.36. The smallest absolute Gasteiger partial charge is 0.339 e. The monoisotopic (exact) mass is 353 g/mol. The normalized spacial score (nSPS) is 14.5. The minimum Gasteiger partial charge on any atom is -0.465 e. The highest BCUT2D eigenvalue weighted by atomic mass is 16.5. The van der Waals surface area contributed by atoms with Crippen LogP contribution in [0.5, 0.6) is 0 Å². The summed E-state index contributed by atoms with van der Waals surface area (Å²) in [6.07, 6.45) is 7.18. The minimum atomic E-state index is -0.419. The first-order valence-electron chi connectivity index (χ1n) is 8.88. The van der Waals surface area contributed by atoms with Crippen molar-refractivity contribution in [3.05, 3.63) is 53.9 Å². The van der Waals surface area contributed by atoms with Gasteiger partial charge in [0.1, 0.15) is 5.69 Å². The molecular formula is C20H23N3O3. The van der Waals surface area contributed by atoms with Crippen LogP contribution in [-0.4, -0.2) is 30.0 Å². The Bertz CT molecular complexity index is 785. The van der Waals surface area contributed by atoms with E-state index in [1.807, 2.05) is 6.07 Å². The van der Waals surface area contributed by atoms with E-state index in [1.165, 1.54) is 13.5 Å². The molecule has 1 aliphatic rings. The van der Waals surface area contributed by atoms with Crippen molar-refractivity contribution in [2.75, 3.05) is 12.4 Å². The van der Waals surface area contributed by atoms with Crippen molar-refractivity contribution in [3.8, 4) is 0 Å². The Morgan fingerprint density at radius 1 is 1.12 bits per heavy atom. The summed E-state index contributed by atoms with van der Waals surface area (Å²) in [4.78, 5) is 28.5. The van der Waals surface area contributed by atoms with Crippen LogP contribution in [0, 0.1) is 0 Å². The van der Waals surface area contributed by atoms with Gasteiger partial charge < -0.3 is 15.4 Å². The van der Waals surface area contributed by atoms with Gasteiger partial charge in [0, 0.05) is 17.9 Å². The van der Waals surface area contributed by atoms with Crippen LogP contribution in [0.1, 0.15) is 53.0 Å². The third-order valence-electron chi connectivity index (χ3n) is 4.54. The fourth-order valence-corrected chi connectivity index (χ4v) is 3.17. The van der Waals surface area contributed by atoms with Gasteiger partial charge in [0.15, 0.2) is 0 Å². The highest BCUT2D eigenvalue weighted by Gasteiger charge is 2.18. The maximum atomic E-state index is 12.5. The van der Waals surface area contributed by atoms with Crippen LogP contribution in [-0.2, 0) is 4.74 Å². The molecule has 6 nitrogen and oxygen atoms in total. The van der Waals surface area contributed by atoms with Crippen LogP contribution in [0.2, 0.25) is 0 Å². The molecule has 0 unspecified atom stereocenters. The topological polar surface area (TPSA) is 80.3 Å². The maximum absolute atomic E-state index is 12.5. The molecule has 0 saturated heterocycles. The minimum absolute atomic E-state index is 0.165. The molecule has 0 spiro atoms. The second-order valence-electron chi connectivity index (χ2n) is 6.40. The number of benzene rings is 1. The number of hydrogen-bond donors (Lipinski definition) is 2. The average molecular weight is 353 g/mol. The SMILES string of the molecule is COC(=O)c1ccccc1Nc1ccnc(C(=O)NC2CCCCC2)c1. The van der Waals surface area contributed by atoms with E-state index in [4.69, 9.17) is 4.74 Å². The Kier molecular flexibility index (Phi) is 5.84. The average Bonchev–Trinajstić information content (AvgIpc) is 2.69. The van der Waals surface area contributed by atoms with E-state index in [1.54, 1.807) is 36.5 Å². The van der Waals surface area contributed by atoms with Gasteiger partial charge in [-0.2, -0.15) is 0 Å². The number of carbonyl (C=O) groups is 2. The predicted octanol–water partition coefficient (Wildman–Crippen LogP) is 3.67. The third kappa shape index (κ3) is 4.39. The number of hydrogen-bond acceptors (Lipinski definition) is 5. The number of amides is 1. The summed E-state index contributed by atoms with van der Waals surface area (Å²) in [5.74, 6) is -0.584. The van der Waals surface area contributed by atoms with Gasteiger partial charge in [-0.3, -0.25) is 9.78 Å². The van der Waals surface area contributed by atoms with Crippen LogP contribution >= 0.6 is 0 Å². The number of anilines is 2. The Hall–Kier alpha value is -2.89. The Morgan fingerprint density at radius 2 is 1.88 bits per heavy atom. The van der Waals surface area contributed by atoms with E-state index in [2.05, 4.69) is 15.6 Å². The van der Waals surface area contributed by atoms with Crippen molar-refractivity contribution in [3.63, 3.8) is 0 Å². The van der Waals surface area contributed by atoms with E-state index in [9.17, 15) is 9.59 Å². The van der Waals surface area contributed by atoms with Gasteiger partial charge in [-0.05, 0) is 37.1 Å². The number of ether oxygens (including phenoxy) is 1. The number of carbonyl (C=O) groups excluding carboxylic acids is 2. The molecule has 0 bridgehead atoms. The summed E-state index contributed by atoms with van der Waals surface area (Å²) in [5, 5.41) is 6.23. The molecule has 6 heteroatoms. The molecule has 1 aliphatic carbocycles. The van der Waals surface area contributed by atoms with Crippen molar-refractivity contribution in [2.45, 2.75) is 38.1 Å². The summed E-state index contributed by atoms with van der Waals surface area (Å²) in [6.45, 7) is 0. The number of esters is 1. The quantitative estimate of drug-likeness (QED) is 0.802. The lowest BCUT2D eigenvalue weighted by Gasteiger charge is -2.22. The van der Waals surface area contributed by atoms with Crippen molar-refractivity contribution in [1.29, 1.82) is 0 Å². The number of methoxy groups -OCH3 is 1. The second-order valence-corrected chi connectivity index (χ2v) is 6.40. The number of nitrogens with one attached hydrogen (secondary N) is 2. The van der Waals surface area contributed by atoms with E-state index >= 15 is 0 Å². The molecule has 1 aromatic heterocycles. The zero-order valence-electron chi connectivity index (χ0n) is 14.8. The van der Waals surface area contributed by atoms with Gasteiger partial charge in [0.2, 0.25) is 0 Å². The Morgan fingerprint density at radius 3 is 2.65 bits per heavy atom. The summed E-state index contributed by atoms with van der Waals surface area (Å²) in [5.41, 5.74) is 2.09. The lowest BCUT2D eigenvalue weighted by atomic mass is 9.95. The predicted molar refractivity (Wildman–Crippen MR) is 99.6 cm³/mol. The summed E-state index contributed by atoms with van der Waals surface area (Å²) in [6, 6.07) is 10.7. The number of rotatable bonds is 5. The number of aromatic nitrogens is 1. The van der Waals surface area contributed by atoms with Gasteiger partial charge in [0.05, 0.1) is 18.4 Å². The molecule has 0 aliphatic heterocycles. The lowest BCUT2D eigenvalue weighted by molar-refractivity contribution is 0.0601. The van der Waals surface area contributed by atoms with Gasteiger partial charge >= 0.3 is 5.97 Å². The van der Waals surface area contributed by atoms with E-state index in [0.717, 1.165) is 25.7 Å². The van der Waals surface area contributed by atoms with Gasteiger partial charge in [0.25, 0.3) is 5.91 Å². The van der Waals surface area contributed by atoms with Gasteiger partial charge in [-0.25, -0.2) is 4.79 Å². The molecule has 0 atom stereocenters. The number of nitrogens with zero attached hydrogens (tertiary/aromatic N) is 1. The third-order valence-corrected chi connectivity index (χ3v) is 4.54. The van der Waals surface area contributed by atoms with Gasteiger partial charge in [-0.15, -0.1) is 0 Å². The highest BCUT2D eigenvalue weighted by Crippen LogP contribution is 2.22.